The number of carbonyl (C=O) groups excluding carboxylic acids is 2. The molecule has 23 heavy (non-hydrogen) atoms. The zero-order valence-electron chi connectivity index (χ0n) is 11.6. The highest BCUT2D eigenvalue weighted by atomic mass is 35.5. The maximum atomic E-state index is 13.0. The monoisotopic (exact) mass is 340 g/mol. The number of aromatic nitrogens is 1. The number of nitrogens with one attached hydrogen (secondary N) is 2. The zero-order valence-corrected chi connectivity index (χ0v) is 12.3. The Morgan fingerprint density at radius 2 is 1.91 bits per heavy atom. The Labute approximate surface area is 134 Å². The predicted molar refractivity (Wildman–Crippen MR) is 81.0 cm³/mol. The van der Waals surface area contributed by atoms with Crippen LogP contribution in [0, 0.1) is 11.6 Å². The lowest BCUT2D eigenvalue weighted by Crippen LogP contribution is -2.33. The normalized spacial score (nSPS) is 10.2. The van der Waals surface area contributed by atoms with E-state index in [0.717, 1.165) is 12.1 Å². The van der Waals surface area contributed by atoms with Gasteiger partial charge in [-0.05, 0) is 24.3 Å². The minimum absolute atomic E-state index is 0.0430. The molecule has 0 bridgehead atoms. The highest BCUT2D eigenvalue weighted by Gasteiger charge is 2.11. The Balaban J connectivity index is 1.93. The molecule has 2 aromatic rings. The number of hydrogen-bond acceptors (Lipinski definition) is 4. The molecule has 0 aliphatic heterocycles. The van der Waals surface area contributed by atoms with Gasteiger partial charge in [-0.15, -0.1) is 0 Å². The van der Waals surface area contributed by atoms with E-state index in [1.54, 1.807) is 0 Å². The Morgan fingerprint density at radius 1 is 1.17 bits per heavy atom. The van der Waals surface area contributed by atoms with Crippen molar-refractivity contribution in [2.45, 2.75) is 0 Å². The molecule has 0 saturated carbocycles. The molecular formula is C14H11ClF2N4O2. The number of carbonyl (C=O) groups is 2. The minimum atomic E-state index is -1.09. The molecule has 1 heterocycles. The van der Waals surface area contributed by atoms with Crippen LogP contribution in [-0.2, 0) is 4.79 Å². The van der Waals surface area contributed by atoms with E-state index in [2.05, 4.69) is 15.6 Å². The molecular weight excluding hydrogens is 330 g/mol. The van der Waals surface area contributed by atoms with Crippen molar-refractivity contribution in [1.29, 1.82) is 0 Å². The van der Waals surface area contributed by atoms with Gasteiger partial charge in [0, 0.05) is 17.3 Å². The third-order valence-corrected chi connectivity index (χ3v) is 2.88. The molecule has 0 saturated heterocycles. The topological polar surface area (TPSA) is 97.1 Å². The summed E-state index contributed by atoms with van der Waals surface area (Å²) in [6.45, 7) is -0.377. The number of rotatable bonds is 4. The number of hydrogen-bond donors (Lipinski definition) is 3. The van der Waals surface area contributed by atoms with Crippen LogP contribution in [0.1, 0.15) is 10.4 Å². The third-order valence-electron chi connectivity index (χ3n) is 2.69. The highest BCUT2D eigenvalue weighted by molar-refractivity contribution is 6.29. The van der Waals surface area contributed by atoms with Crippen LogP contribution in [0.4, 0.5) is 20.3 Å². The molecule has 2 rings (SSSR count). The molecule has 0 atom stereocenters. The Kier molecular flexibility index (Phi) is 5.07. The van der Waals surface area contributed by atoms with E-state index < -0.39 is 23.4 Å². The van der Waals surface area contributed by atoms with Crippen molar-refractivity contribution in [2.24, 2.45) is 0 Å². The van der Waals surface area contributed by atoms with Crippen LogP contribution in [0.3, 0.4) is 0 Å². The molecule has 0 spiro atoms. The quantitative estimate of drug-likeness (QED) is 0.741. The maximum Gasteiger partial charge on any atom is 0.251 e. The fraction of sp³-hybridized carbons (Fsp3) is 0.0714. The van der Waals surface area contributed by atoms with Gasteiger partial charge in [0.2, 0.25) is 5.91 Å². The average Bonchev–Trinajstić information content (AvgIpc) is 2.47. The van der Waals surface area contributed by atoms with Crippen LogP contribution in [0.5, 0.6) is 0 Å². The summed E-state index contributed by atoms with van der Waals surface area (Å²) in [5, 5.41) is 4.70. The Hall–Kier alpha value is -2.74. The summed E-state index contributed by atoms with van der Waals surface area (Å²) < 4.78 is 25.8. The van der Waals surface area contributed by atoms with Crippen molar-refractivity contribution in [2.75, 3.05) is 17.6 Å². The summed E-state index contributed by atoms with van der Waals surface area (Å²) >= 11 is 5.68. The molecule has 9 heteroatoms. The van der Waals surface area contributed by atoms with Gasteiger partial charge in [0.15, 0.2) is 11.6 Å². The van der Waals surface area contributed by atoms with Crippen molar-refractivity contribution in [3.8, 4) is 0 Å². The fourth-order valence-electron chi connectivity index (χ4n) is 1.69. The van der Waals surface area contributed by atoms with Gasteiger partial charge in [-0.25, -0.2) is 13.8 Å². The summed E-state index contributed by atoms with van der Waals surface area (Å²) in [5.74, 6) is -3.25. The summed E-state index contributed by atoms with van der Waals surface area (Å²) in [4.78, 5) is 27.2. The highest BCUT2D eigenvalue weighted by Crippen LogP contribution is 2.13. The summed E-state index contributed by atoms with van der Waals surface area (Å²) in [5.41, 5.74) is 5.67. The van der Waals surface area contributed by atoms with E-state index in [1.807, 2.05) is 0 Å². The van der Waals surface area contributed by atoms with Gasteiger partial charge >= 0.3 is 0 Å². The largest absolute Gasteiger partial charge is 0.384 e. The van der Waals surface area contributed by atoms with E-state index in [9.17, 15) is 18.4 Å². The predicted octanol–water partition coefficient (Wildman–Crippen LogP) is 1.96. The van der Waals surface area contributed by atoms with Crippen molar-refractivity contribution in [1.82, 2.24) is 10.3 Å². The van der Waals surface area contributed by atoms with Crippen LogP contribution in [0.2, 0.25) is 5.15 Å². The smallest absolute Gasteiger partial charge is 0.251 e. The molecule has 120 valence electrons. The van der Waals surface area contributed by atoms with Gasteiger partial charge in [-0.1, -0.05) is 11.6 Å². The van der Waals surface area contributed by atoms with Crippen molar-refractivity contribution >= 4 is 34.9 Å². The van der Waals surface area contributed by atoms with E-state index in [4.69, 9.17) is 17.3 Å². The number of pyridine rings is 1. The number of halogens is 3. The first-order valence-electron chi connectivity index (χ1n) is 6.31. The molecule has 4 N–H and O–H groups in total. The first-order chi connectivity index (χ1) is 10.8. The average molecular weight is 341 g/mol. The Morgan fingerprint density at radius 3 is 2.57 bits per heavy atom. The van der Waals surface area contributed by atoms with Gasteiger partial charge in [0.25, 0.3) is 5.91 Å². The van der Waals surface area contributed by atoms with Gasteiger partial charge in [0.1, 0.15) is 11.0 Å². The Bertz CT molecular complexity index is 750. The summed E-state index contributed by atoms with van der Waals surface area (Å²) in [6, 6.07) is 5.50. The van der Waals surface area contributed by atoms with Crippen LogP contribution in [0.25, 0.3) is 0 Å². The van der Waals surface area contributed by atoms with Gasteiger partial charge < -0.3 is 16.4 Å². The maximum absolute atomic E-state index is 13.0. The molecule has 0 aliphatic carbocycles. The van der Waals surface area contributed by atoms with Crippen molar-refractivity contribution in [3.05, 3.63) is 52.7 Å². The molecule has 0 fully saturated rings. The number of nitrogens with zero attached hydrogens (tertiary/aromatic N) is 1. The number of amides is 2. The van der Waals surface area contributed by atoms with Crippen molar-refractivity contribution < 1.29 is 18.4 Å². The van der Waals surface area contributed by atoms with Crippen LogP contribution in [0.15, 0.2) is 30.3 Å². The lowest BCUT2D eigenvalue weighted by atomic mass is 10.2. The SMILES string of the molecule is Nc1cc(C(=O)NCC(=O)Nc2ccc(F)c(F)c2)cc(Cl)n1. The lowest BCUT2D eigenvalue weighted by molar-refractivity contribution is -0.115. The molecule has 1 aromatic carbocycles. The second-order valence-corrected chi connectivity index (χ2v) is 4.85. The number of nitrogen functional groups attached to an aromatic ring is 1. The molecule has 0 unspecified atom stereocenters. The molecule has 1 aromatic heterocycles. The van der Waals surface area contributed by atoms with E-state index in [-0.39, 0.29) is 28.8 Å². The van der Waals surface area contributed by atoms with Crippen molar-refractivity contribution in [3.63, 3.8) is 0 Å². The van der Waals surface area contributed by atoms with Gasteiger partial charge in [-0.3, -0.25) is 9.59 Å². The number of benzene rings is 1. The standard InChI is InChI=1S/C14H11ClF2N4O2/c15-11-3-7(4-12(18)21-11)14(23)19-6-13(22)20-8-1-2-9(16)10(17)5-8/h1-5H,6H2,(H2,18,21)(H,19,23)(H,20,22). The first-order valence-corrected chi connectivity index (χ1v) is 6.69. The first kappa shape index (κ1) is 16.6. The van der Waals surface area contributed by atoms with Crippen LogP contribution < -0.4 is 16.4 Å². The summed E-state index contributed by atoms with van der Waals surface area (Å²) in [6.07, 6.45) is 0. The van der Waals surface area contributed by atoms with Gasteiger partial charge in [-0.2, -0.15) is 0 Å². The molecule has 2 amide bonds. The lowest BCUT2D eigenvalue weighted by Gasteiger charge is -2.08. The zero-order chi connectivity index (χ0) is 17.0. The second-order valence-electron chi connectivity index (χ2n) is 4.46. The minimum Gasteiger partial charge on any atom is -0.384 e. The molecule has 0 aliphatic rings. The number of nitrogens with two attached hydrogens (primary N) is 1. The number of anilines is 2. The van der Waals surface area contributed by atoms with Crippen LogP contribution in [-0.4, -0.2) is 23.3 Å². The van der Waals surface area contributed by atoms with E-state index >= 15 is 0 Å². The van der Waals surface area contributed by atoms with Gasteiger partial charge in [0.05, 0.1) is 6.54 Å². The molecule has 6 nitrogen and oxygen atoms in total. The van der Waals surface area contributed by atoms with E-state index in [0.29, 0.717) is 0 Å². The third kappa shape index (κ3) is 4.62. The van der Waals surface area contributed by atoms with E-state index in [1.165, 1.54) is 18.2 Å². The fourth-order valence-corrected chi connectivity index (χ4v) is 1.91. The molecule has 0 radical (unpaired) electrons. The summed E-state index contributed by atoms with van der Waals surface area (Å²) in [7, 11) is 0. The van der Waals surface area contributed by atoms with Crippen LogP contribution >= 0.6 is 11.6 Å². The second kappa shape index (κ2) is 7.01.